The molecule has 0 bridgehead atoms. The van der Waals surface area contributed by atoms with Gasteiger partial charge in [-0.1, -0.05) is 0 Å². The summed E-state index contributed by atoms with van der Waals surface area (Å²) in [5.74, 6) is -1.68. The molecule has 8 heteroatoms. The summed E-state index contributed by atoms with van der Waals surface area (Å²) in [5.41, 5.74) is 0.164. The van der Waals surface area contributed by atoms with Crippen LogP contribution in [0.25, 0.3) is 0 Å². The number of carboxylic acids is 1. The van der Waals surface area contributed by atoms with Gasteiger partial charge in [-0.05, 0) is 0 Å². The van der Waals surface area contributed by atoms with Gasteiger partial charge in [-0.25, -0.2) is 9.78 Å². The van der Waals surface area contributed by atoms with Gasteiger partial charge < -0.3 is 15.4 Å². The highest BCUT2D eigenvalue weighted by Gasteiger charge is 2.15. The van der Waals surface area contributed by atoms with Gasteiger partial charge in [0.15, 0.2) is 5.69 Å². The van der Waals surface area contributed by atoms with Crippen molar-refractivity contribution >= 4 is 17.6 Å². The van der Waals surface area contributed by atoms with E-state index in [2.05, 4.69) is 25.5 Å². The fourth-order valence-corrected chi connectivity index (χ4v) is 1.11. The molecule has 0 atom stereocenters. The number of hydrogen-bond acceptors (Lipinski definition) is 4. The average Bonchev–Trinajstić information content (AvgIpc) is 2.86. The van der Waals surface area contributed by atoms with E-state index in [1.807, 2.05) is 0 Å². The zero-order valence-corrected chi connectivity index (χ0v) is 7.89. The number of carbonyl (C=O) groups is 2. The van der Waals surface area contributed by atoms with Crippen molar-refractivity contribution in [2.45, 2.75) is 0 Å². The molecule has 0 aromatic carbocycles. The van der Waals surface area contributed by atoms with E-state index in [0.717, 1.165) is 0 Å². The van der Waals surface area contributed by atoms with Crippen LogP contribution in [0, 0.1) is 0 Å². The van der Waals surface area contributed by atoms with Gasteiger partial charge in [0.25, 0.3) is 5.91 Å². The number of aromatic carboxylic acids is 1. The van der Waals surface area contributed by atoms with Crippen LogP contribution in [0.5, 0.6) is 0 Å². The maximum atomic E-state index is 11.5. The number of aromatic nitrogens is 4. The third kappa shape index (κ3) is 1.75. The number of imidazole rings is 1. The van der Waals surface area contributed by atoms with E-state index >= 15 is 0 Å². The van der Waals surface area contributed by atoms with E-state index in [9.17, 15) is 9.59 Å². The standard InChI is InChI=1S/C8H7N5O3/c14-7(5-1-9-3-10-5)12-4-2-11-13-6(4)8(15)16/h1-3H,(H,9,10)(H,11,13)(H,12,14)(H,15,16). The molecule has 0 aliphatic carbocycles. The molecule has 0 radical (unpaired) electrons. The molecule has 16 heavy (non-hydrogen) atoms. The zero-order chi connectivity index (χ0) is 11.5. The number of nitrogens with one attached hydrogen (secondary N) is 3. The lowest BCUT2D eigenvalue weighted by molar-refractivity contribution is 0.0691. The van der Waals surface area contributed by atoms with Crippen molar-refractivity contribution in [1.29, 1.82) is 0 Å². The summed E-state index contributed by atoms with van der Waals surface area (Å²) >= 11 is 0. The number of nitrogens with zero attached hydrogens (tertiary/aromatic N) is 2. The molecule has 0 spiro atoms. The van der Waals surface area contributed by atoms with Gasteiger partial charge in [0.2, 0.25) is 0 Å². The van der Waals surface area contributed by atoms with Crippen molar-refractivity contribution in [3.05, 3.63) is 30.1 Å². The Labute approximate surface area is 88.7 Å². The molecule has 1 amide bonds. The predicted octanol–water partition coefficient (Wildman–Crippen LogP) is 0.0833. The van der Waals surface area contributed by atoms with Crippen LogP contribution < -0.4 is 5.32 Å². The third-order valence-corrected chi connectivity index (χ3v) is 1.84. The average molecular weight is 221 g/mol. The molecule has 2 heterocycles. The highest BCUT2D eigenvalue weighted by atomic mass is 16.4. The fraction of sp³-hybridized carbons (Fsp3) is 0. The molecule has 0 fully saturated rings. The number of aromatic amines is 2. The van der Waals surface area contributed by atoms with Crippen LogP contribution in [0.15, 0.2) is 18.7 Å². The number of carbonyl (C=O) groups excluding carboxylic acids is 1. The van der Waals surface area contributed by atoms with Crippen molar-refractivity contribution in [2.24, 2.45) is 0 Å². The second kappa shape index (κ2) is 3.85. The van der Waals surface area contributed by atoms with Gasteiger partial charge in [-0.3, -0.25) is 9.89 Å². The Hall–Kier alpha value is -2.64. The molecule has 2 aromatic heterocycles. The zero-order valence-electron chi connectivity index (χ0n) is 7.89. The first-order valence-electron chi connectivity index (χ1n) is 4.25. The van der Waals surface area contributed by atoms with Crippen LogP contribution in [-0.2, 0) is 0 Å². The SMILES string of the molecule is O=C(Nc1cn[nH]c1C(=O)O)c1cnc[nH]1. The van der Waals surface area contributed by atoms with E-state index in [4.69, 9.17) is 5.11 Å². The molecular weight excluding hydrogens is 214 g/mol. The van der Waals surface area contributed by atoms with Gasteiger partial charge in [-0.2, -0.15) is 5.10 Å². The van der Waals surface area contributed by atoms with Crippen LogP contribution in [-0.4, -0.2) is 37.1 Å². The van der Waals surface area contributed by atoms with E-state index in [0.29, 0.717) is 0 Å². The summed E-state index contributed by atoms with van der Waals surface area (Å²) < 4.78 is 0. The van der Waals surface area contributed by atoms with Crippen LogP contribution in [0.4, 0.5) is 5.69 Å². The number of amides is 1. The Bertz CT molecular complexity index is 516. The quantitative estimate of drug-likeness (QED) is 0.584. The third-order valence-electron chi connectivity index (χ3n) is 1.84. The Morgan fingerprint density at radius 3 is 2.81 bits per heavy atom. The molecule has 0 aliphatic heterocycles. The first kappa shape index (κ1) is 9.90. The second-order valence-electron chi connectivity index (χ2n) is 2.88. The van der Waals surface area contributed by atoms with Crippen LogP contribution in [0.2, 0.25) is 0 Å². The van der Waals surface area contributed by atoms with E-state index < -0.39 is 11.9 Å². The highest BCUT2D eigenvalue weighted by molar-refractivity contribution is 6.05. The van der Waals surface area contributed by atoms with Crippen molar-refractivity contribution in [3.8, 4) is 0 Å². The molecule has 82 valence electrons. The van der Waals surface area contributed by atoms with Gasteiger partial charge in [0.05, 0.1) is 24.4 Å². The molecule has 4 N–H and O–H groups in total. The van der Waals surface area contributed by atoms with E-state index in [-0.39, 0.29) is 17.1 Å². The Balaban J connectivity index is 2.18. The van der Waals surface area contributed by atoms with Gasteiger partial charge in [0, 0.05) is 0 Å². The fourth-order valence-electron chi connectivity index (χ4n) is 1.11. The van der Waals surface area contributed by atoms with Gasteiger partial charge in [0.1, 0.15) is 5.69 Å². The Kier molecular flexibility index (Phi) is 2.38. The lowest BCUT2D eigenvalue weighted by Crippen LogP contribution is -2.14. The van der Waals surface area contributed by atoms with Crippen molar-refractivity contribution < 1.29 is 14.7 Å². The summed E-state index contributed by atoms with van der Waals surface area (Å²) in [4.78, 5) is 28.5. The van der Waals surface area contributed by atoms with Crippen molar-refractivity contribution in [1.82, 2.24) is 20.2 Å². The first-order chi connectivity index (χ1) is 7.68. The van der Waals surface area contributed by atoms with Crippen LogP contribution >= 0.6 is 0 Å². The maximum absolute atomic E-state index is 11.5. The lowest BCUT2D eigenvalue weighted by atomic mass is 10.3. The smallest absolute Gasteiger partial charge is 0.356 e. The molecule has 2 aromatic rings. The monoisotopic (exact) mass is 221 g/mol. The topological polar surface area (TPSA) is 124 Å². The van der Waals surface area contributed by atoms with Crippen LogP contribution in [0.1, 0.15) is 21.0 Å². The van der Waals surface area contributed by atoms with Crippen molar-refractivity contribution in [3.63, 3.8) is 0 Å². The number of H-pyrrole nitrogens is 2. The highest BCUT2D eigenvalue weighted by Crippen LogP contribution is 2.12. The van der Waals surface area contributed by atoms with Gasteiger partial charge in [-0.15, -0.1) is 0 Å². The minimum Gasteiger partial charge on any atom is -0.476 e. The van der Waals surface area contributed by atoms with E-state index in [1.54, 1.807) is 0 Å². The number of rotatable bonds is 3. The summed E-state index contributed by atoms with van der Waals surface area (Å²) in [6.45, 7) is 0. The Morgan fingerprint density at radius 1 is 1.38 bits per heavy atom. The minimum absolute atomic E-state index is 0.104. The molecule has 2 rings (SSSR count). The predicted molar refractivity (Wildman–Crippen MR) is 52.1 cm³/mol. The number of carboxylic acid groups (broad SMARTS) is 1. The van der Waals surface area contributed by atoms with Gasteiger partial charge >= 0.3 is 5.97 Å². The van der Waals surface area contributed by atoms with Crippen LogP contribution in [0.3, 0.4) is 0 Å². The molecule has 0 aliphatic rings. The summed E-state index contributed by atoms with van der Waals surface area (Å²) in [6.07, 6.45) is 3.90. The second-order valence-corrected chi connectivity index (χ2v) is 2.88. The molecule has 0 saturated carbocycles. The first-order valence-corrected chi connectivity index (χ1v) is 4.25. The summed E-state index contributed by atoms with van der Waals surface area (Å²) in [5, 5.41) is 16.9. The van der Waals surface area contributed by atoms with Crippen molar-refractivity contribution in [2.75, 3.05) is 5.32 Å². The molecule has 8 nitrogen and oxygen atoms in total. The summed E-state index contributed by atoms with van der Waals surface area (Å²) in [6, 6.07) is 0. The number of anilines is 1. The maximum Gasteiger partial charge on any atom is 0.356 e. The molecular formula is C8H7N5O3. The number of hydrogen-bond donors (Lipinski definition) is 4. The normalized spacial score (nSPS) is 10.0. The molecule has 0 saturated heterocycles. The molecule has 0 unspecified atom stereocenters. The summed E-state index contributed by atoms with van der Waals surface area (Å²) in [7, 11) is 0. The lowest BCUT2D eigenvalue weighted by Gasteiger charge is -2.00. The minimum atomic E-state index is -1.20. The Morgan fingerprint density at radius 2 is 2.19 bits per heavy atom. The van der Waals surface area contributed by atoms with E-state index in [1.165, 1.54) is 18.7 Å². The largest absolute Gasteiger partial charge is 0.476 e.